The van der Waals surface area contributed by atoms with Crippen molar-refractivity contribution in [2.45, 2.75) is 19.3 Å². The van der Waals surface area contributed by atoms with E-state index in [4.69, 9.17) is 9.47 Å². The molecule has 0 amide bonds. The average Bonchev–Trinajstić information content (AvgIpc) is 2.64. The molecule has 0 fully saturated rings. The number of aliphatic imine (C=N–C) groups is 2. The second kappa shape index (κ2) is 10.6. The molecule has 0 saturated heterocycles. The lowest BCUT2D eigenvalue weighted by Crippen LogP contribution is -2.00. The molecule has 6 heteroatoms. The average molecular weight is 338 g/mol. The summed E-state index contributed by atoms with van der Waals surface area (Å²) in [5.74, 6) is 1.50. The molecule has 0 N–H and O–H groups in total. The molecule has 0 aliphatic carbocycles. The lowest BCUT2D eigenvalue weighted by Gasteiger charge is -2.07. The van der Waals surface area contributed by atoms with Gasteiger partial charge in [-0.3, -0.25) is 0 Å². The van der Waals surface area contributed by atoms with Crippen LogP contribution in [0.25, 0.3) is 0 Å². The highest BCUT2D eigenvalue weighted by Gasteiger charge is 1.97. The van der Waals surface area contributed by atoms with Crippen LogP contribution in [0.5, 0.6) is 11.5 Å². The van der Waals surface area contributed by atoms with Crippen LogP contribution < -0.4 is 9.47 Å². The number of nitrogens with zero attached hydrogens (tertiary/aromatic N) is 2. The fourth-order valence-corrected chi connectivity index (χ4v) is 2.10. The summed E-state index contributed by atoms with van der Waals surface area (Å²) >= 11 is 0. The first kappa shape index (κ1) is 18.1. The SMILES string of the molecule is O=C=Nc1ccc(OCCCCCOc2ccc(N=C=O)cc2)cc1. The molecule has 0 bridgehead atoms. The molecule has 0 aliphatic heterocycles. The van der Waals surface area contributed by atoms with Crippen LogP contribution in [0, 0.1) is 0 Å². The lowest BCUT2D eigenvalue weighted by atomic mass is 10.2. The Bertz CT molecular complexity index is 678. The van der Waals surface area contributed by atoms with Gasteiger partial charge in [-0.25, -0.2) is 9.59 Å². The maximum absolute atomic E-state index is 10.1. The summed E-state index contributed by atoms with van der Waals surface area (Å²) in [5.41, 5.74) is 1.12. The van der Waals surface area contributed by atoms with Crippen LogP contribution in [0.4, 0.5) is 11.4 Å². The summed E-state index contributed by atoms with van der Waals surface area (Å²) < 4.78 is 11.2. The van der Waals surface area contributed by atoms with Gasteiger partial charge in [0.1, 0.15) is 11.5 Å². The largest absolute Gasteiger partial charge is 0.494 e. The van der Waals surface area contributed by atoms with Gasteiger partial charge in [0, 0.05) is 0 Å². The van der Waals surface area contributed by atoms with Gasteiger partial charge in [0.25, 0.3) is 0 Å². The van der Waals surface area contributed by atoms with Crippen LogP contribution in [0.3, 0.4) is 0 Å². The molecule has 128 valence electrons. The monoisotopic (exact) mass is 338 g/mol. The van der Waals surface area contributed by atoms with E-state index < -0.39 is 0 Å². The summed E-state index contributed by atoms with van der Waals surface area (Å²) in [5, 5.41) is 0. The number of isocyanates is 2. The van der Waals surface area contributed by atoms with Gasteiger partial charge in [-0.1, -0.05) is 0 Å². The van der Waals surface area contributed by atoms with Crippen molar-refractivity contribution < 1.29 is 19.1 Å². The molecule has 0 heterocycles. The maximum Gasteiger partial charge on any atom is 0.240 e. The lowest BCUT2D eigenvalue weighted by molar-refractivity contribution is 0.279. The molecular weight excluding hydrogens is 320 g/mol. The number of unbranched alkanes of at least 4 members (excludes halogenated alkanes) is 2. The van der Waals surface area contributed by atoms with Crippen molar-refractivity contribution in [3.8, 4) is 11.5 Å². The minimum Gasteiger partial charge on any atom is -0.494 e. The molecule has 6 nitrogen and oxygen atoms in total. The van der Waals surface area contributed by atoms with Crippen molar-refractivity contribution in [1.29, 1.82) is 0 Å². The Labute approximate surface area is 145 Å². The van der Waals surface area contributed by atoms with Crippen LogP contribution in [0.2, 0.25) is 0 Å². The van der Waals surface area contributed by atoms with Crippen LogP contribution in [0.1, 0.15) is 19.3 Å². The van der Waals surface area contributed by atoms with E-state index in [0.29, 0.717) is 24.6 Å². The summed E-state index contributed by atoms with van der Waals surface area (Å²) in [7, 11) is 0. The van der Waals surface area contributed by atoms with Gasteiger partial charge >= 0.3 is 0 Å². The number of benzene rings is 2. The second-order valence-electron chi connectivity index (χ2n) is 5.15. The van der Waals surface area contributed by atoms with Gasteiger partial charge in [-0.15, -0.1) is 0 Å². The van der Waals surface area contributed by atoms with E-state index in [1.54, 1.807) is 48.5 Å². The Balaban J connectivity index is 1.57. The first-order chi connectivity index (χ1) is 12.3. The molecule has 0 unspecified atom stereocenters. The van der Waals surface area contributed by atoms with Gasteiger partial charge < -0.3 is 9.47 Å². The van der Waals surface area contributed by atoms with Crippen LogP contribution in [-0.2, 0) is 9.59 Å². The molecule has 0 aliphatic rings. The highest BCUT2D eigenvalue weighted by molar-refractivity contribution is 5.50. The third kappa shape index (κ3) is 6.83. The predicted octanol–water partition coefficient (Wildman–Crippen LogP) is 4.25. The van der Waals surface area contributed by atoms with Crippen LogP contribution >= 0.6 is 0 Å². The number of hydrogen-bond acceptors (Lipinski definition) is 6. The van der Waals surface area contributed by atoms with Gasteiger partial charge in [-0.2, -0.15) is 9.98 Å². The van der Waals surface area contributed by atoms with E-state index in [2.05, 4.69) is 9.98 Å². The molecule has 2 aromatic rings. The van der Waals surface area contributed by atoms with Gasteiger partial charge in [0.05, 0.1) is 24.6 Å². The molecule has 0 aromatic heterocycles. The van der Waals surface area contributed by atoms with Crippen molar-refractivity contribution in [2.24, 2.45) is 9.98 Å². The maximum atomic E-state index is 10.1. The van der Waals surface area contributed by atoms with Crippen molar-refractivity contribution in [1.82, 2.24) is 0 Å². The zero-order valence-electron chi connectivity index (χ0n) is 13.7. The van der Waals surface area contributed by atoms with E-state index in [1.165, 1.54) is 12.2 Å². The first-order valence-electron chi connectivity index (χ1n) is 7.93. The van der Waals surface area contributed by atoms with E-state index in [1.807, 2.05) is 0 Å². The summed E-state index contributed by atoms with van der Waals surface area (Å²) in [6, 6.07) is 13.9. The normalized spacial score (nSPS) is 9.60. The Hall–Kier alpha value is -3.20. The molecule has 0 saturated carbocycles. The highest BCUT2D eigenvalue weighted by atomic mass is 16.5. The third-order valence-corrected chi connectivity index (χ3v) is 3.35. The van der Waals surface area contributed by atoms with E-state index in [-0.39, 0.29) is 0 Å². The predicted molar refractivity (Wildman–Crippen MR) is 93.3 cm³/mol. The minimum absolute atomic E-state index is 0.561. The topological polar surface area (TPSA) is 77.3 Å². The quantitative estimate of drug-likeness (QED) is 0.368. The number of ether oxygens (including phenoxy) is 2. The van der Waals surface area contributed by atoms with Crippen molar-refractivity contribution in [3.05, 3.63) is 48.5 Å². The Kier molecular flexibility index (Phi) is 7.66. The molecule has 2 aromatic carbocycles. The number of carbonyl (C=O) groups excluding carboxylic acids is 2. The molecule has 0 radical (unpaired) electrons. The van der Waals surface area contributed by atoms with Crippen molar-refractivity contribution in [3.63, 3.8) is 0 Å². The van der Waals surface area contributed by atoms with Gasteiger partial charge in [0.2, 0.25) is 12.2 Å². The molecule has 2 rings (SSSR count). The standard InChI is InChI=1S/C19H18N2O4/c22-14-20-16-4-8-18(9-5-16)24-12-2-1-3-13-25-19-10-6-17(7-11-19)21-15-23/h4-11H,1-3,12-13H2. The summed E-state index contributed by atoms with van der Waals surface area (Å²) in [6.07, 6.45) is 5.83. The zero-order chi connectivity index (χ0) is 17.7. The number of rotatable bonds is 10. The fourth-order valence-electron chi connectivity index (χ4n) is 2.10. The van der Waals surface area contributed by atoms with E-state index in [0.717, 1.165) is 30.8 Å². The summed E-state index contributed by atoms with van der Waals surface area (Å²) in [4.78, 5) is 27.3. The molecular formula is C19H18N2O4. The minimum atomic E-state index is 0.561. The summed E-state index contributed by atoms with van der Waals surface area (Å²) in [6.45, 7) is 1.24. The van der Waals surface area contributed by atoms with E-state index in [9.17, 15) is 9.59 Å². The zero-order valence-corrected chi connectivity index (χ0v) is 13.7. The Morgan fingerprint density at radius 1 is 0.640 bits per heavy atom. The Morgan fingerprint density at radius 3 is 1.40 bits per heavy atom. The van der Waals surface area contributed by atoms with Crippen molar-refractivity contribution >= 4 is 23.5 Å². The van der Waals surface area contributed by atoms with E-state index >= 15 is 0 Å². The fraction of sp³-hybridized carbons (Fsp3) is 0.263. The number of hydrogen-bond donors (Lipinski definition) is 0. The first-order valence-corrected chi connectivity index (χ1v) is 7.93. The molecule has 0 atom stereocenters. The van der Waals surface area contributed by atoms with Gasteiger partial charge in [0.15, 0.2) is 0 Å². The highest BCUT2D eigenvalue weighted by Crippen LogP contribution is 2.19. The smallest absolute Gasteiger partial charge is 0.240 e. The third-order valence-electron chi connectivity index (χ3n) is 3.35. The van der Waals surface area contributed by atoms with Crippen molar-refractivity contribution in [2.75, 3.05) is 13.2 Å². The Morgan fingerprint density at radius 2 is 1.04 bits per heavy atom. The van der Waals surface area contributed by atoms with Crippen LogP contribution in [0.15, 0.2) is 58.5 Å². The molecule has 25 heavy (non-hydrogen) atoms. The molecule has 0 spiro atoms. The van der Waals surface area contributed by atoms with Crippen LogP contribution in [-0.4, -0.2) is 25.4 Å². The second-order valence-corrected chi connectivity index (χ2v) is 5.15. The van der Waals surface area contributed by atoms with Gasteiger partial charge in [-0.05, 0) is 67.8 Å².